The zero-order chi connectivity index (χ0) is 18.4. The van der Waals surface area contributed by atoms with Crippen molar-refractivity contribution in [2.24, 2.45) is 0 Å². The molecule has 0 saturated carbocycles. The summed E-state index contributed by atoms with van der Waals surface area (Å²) in [5, 5.41) is 0. The quantitative estimate of drug-likeness (QED) is 0.497. The van der Waals surface area contributed by atoms with Crippen molar-refractivity contribution in [3.05, 3.63) is 95.6 Å². The van der Waals surface area contributed by atoms with Crippen LogP contribution in [0.2, 0.25) is 0 Å². The molecule has 4 heteroatoms. The first kappa shape index (κ1) is 17.4. The van der Waals surface area contributed by atoms with Crippen molar-refractivity contribution in [1.29, 1.82) is 0 Å². The molecule has 0 aliphatic carbocycles. The van der Waals surface area contributed by atoms with Crippen molar-refractivity contribution < 1.29 is 19.1 Å². The van der Waals surface area contributed by atoms with Gasteiger partial charge in [0.1, 0.15) is 11.5 Å². The molecule has 0 fully saturated rings. The standard InChI is InChI=1S/C22H18O4/c1-2-16-13-17(21(23)25-19-9-5-3-6-10-19)15-18(14-16)22(24)26-20-11-7-4-8-12-20/h3-15H,2H2,1H3. The van der Waals surface area contributed by atoms with E-state index in [1.54, 1.807) is 60.7 Å². The van der Waals surface area contributed by atoms with Gasteiger partial charge in [0.05, 0.1) is 11.1 Å². The van der Waals surface area contributed by atoms with E-state index in [9.17, 15) is 9.59 Å². The van der Waals surface area contributed by atoms with Gasteiger partial charge in [-0.2, -0.15) is 0 Å². The van der Waals surface area contributed by atoms with E-state index < -0.39 is 11.9 Å². The lowest BCUT2D eigenvalue weighted by Gasteiger charge is -2.09. The summed E-state index contributed by atoms with van der Waals surface area (Å²) in [7, 11) is 0. The molecule has 0 aromatic heterocycles. The number of benzene rings is 3. The number of aryl methyl sites for hydroxylation is 1. The van der Waals surface area contributed by atoms with E-state index in [4.69, 9.17) is 9.47 Å². The van der Waals surface area contributed by atoms with Crippen LogP contribution in [0.1, 0.15) is 33.2 Å². The number of carbonyl (C=O) groups excluding carboxylic acids is 2. The Morgan fingerprint density at radius 2 is 1.12 bits per heavy atom. The van der Waals surface area contributed by atoms with Crippen LogP contribution in [0.25, 0.3) is 0 Å². The van der Waals surface area contributed by atoms with Crippen LogP contribution in [0, 0.1) is 0 Å². The van der Waals surface area contributed by atoms with Crippen LogP contribution in [0.15, 0.2) is 78.9 Å². The second kappa shape index (κ2) is 8.12. The molecule has 3 aromatic rings. The summed E-state index contributed by atoms with van der Waals surface area (Å²) in [6.07, 6.45) is 0.679. The van der Waals surface area contributed by atoms with Crippen molar-refractivity contribution in [3.8, 4) is 11.5 Å². The highest BCUT2D eigenvalue weighted by molar-refractivity contribution is 5.97. The molecule has 0 aliphatic heterocycles. The smallest absolute Gasteiger partial charge is 0.343 e. The summed E-state index contributed by atoms with van der Waals surface area (Å²) in [6.45, 7) is 1.95. The minimum Gasteiger partial charge on any atom is -0.423 e. The number of para-hydroxylation sites is 2. The summed E-state index contributed by atoms with van der Waals surface area (Å²) in [4.78, 5) is 24.9. The molecule has 3 rings (SSSR count). The second-order valence-corrected chi connectivity index (χ2v) is 5.68. The van der Waals surface area contributed by atoms with Crippen molar-refractivity contribution in [1.82, 2.24) is 0 Å². The van der Waals surface area contributed by atoms with Gasteiger partial charge in [-0.1, -0.05) is 43.3 Å². The van der Waals surface area contributed by atoms with E-state index in [-0.39, 0.29) is 0 Å². The van der Waals surface area contributed by atoms with Crippen LogP contribution >= 0.6 is 0 Å². The molecule has 0 atom stereocenters. The van der Waals surface area contributed by atoms with E-state index in [0.717, 1.165) is 5.56 Å². The zero-order valence-corrected chi connectivity index (χ0v) is 14.3. The Morgan fingerprint density at radius 3 is 1.50 bits per heavy atom. The fourth-order valence-corrected chi connectivity index (χ4v) is 2.44. The summed E-state index contributed by atoms with van der Waals surface area (Å²) in [6, 6.07) is 22.6. The Balaban J connectivity index is 1.84. The van der Waals surface area contributed by atoms with Gasteiger partial charge in [0, 0.05) is 0 Å². The lowest BCUT2D eigenvalue weighted by molar-refractivity contribution is 0.0734. The fraction of sp³-hybridized carbons (Fsp3) is 0.0909. The molecule has 26 heavy (non-hydrogen) atoms. The number of hydrogen-bond acceptors (Lipinski definition) is 4. The van der Waals surface area contributed by atoms with Crippen molar-refractivity contribution in [2.45, 2.75) is 13.3 Å². The first-order valence-electron chi connectivity index (χ1n) is 8.34. The van der Waals surface area contributed by atoms with Crippen molar-refractivity contribution in [2.75, 3.05) is 0 Å². The first-order chi connectivity index (χ1) is 12.7. The molecule has 0 N–H and O–H groups in total. The lowest BCUT2D eigenvalue weighted by Crippen LogP contribution is -2.13. The lowest BCUT2D eigenvalue weighted by atomic mass is 10.0. The highest BCUT2D eigenvalue weighted by Crippen LogP contribution is 2.18. The predicted octanol–water partition coefficient (Wildman–Crippen LogP) is 4.69. The molecule has 0 saturated heterocycles. The van der Waals surface area contributed by atoms with Gasteiger partial charge in [-0.05, 0) is 54.4 Å². The Labute approximate surface area is 152 Å². The number of esters is 2. The monoisotopic (exact) mass is 346 g/mol. The average Bonchev–Trinajstić information content (AvgIpc) is 2.69. The third-order valence-corrected chi connectivity index (χ3v) is 3.78. The summed E-state index contributed by atoms with van der Waals surface area (Å²) < 4.78 is 10.7. The van der Waals surface area contributed by atoms with E-state index in [1.165, 1.54) is 6.07 Å². The molecule has 0 radical (unpaired) electrons. The Hall–Kier alpha value is -3.40. The minimum absolute atomic E-state index is 0.313. The van der Waals surface area contributed by atoms with Crippen LogP contribution in [0.4, 0.5) is 0 Å². The molecule has 4 nitrogen and oxygen atoms in total. The summed E-state index contributed by atoms with van der Waals surface area (Å²) >= 11 is 0. The minimum atomic E-state index is -0.514. The molecule has 0 heterocycles. The topological polar surface area (TPSA) is 52.6 Å². The molecular formula is C22H18O4. The van der Waals surface area contributed by atoms with Crippen LogP contribution < -0.4 is 9.47 Å². The van der Waals surface area contributed by atoms with Gasteiger partial charge >= 0.3 is 11.9 Å². The predicted molar refractivity (Wildman–Crippen MR) is 98.6 cm³/mol. The first-order valence-corrected chi connectivity index (χ1v) is 8.34. The fourth-order valence-electron chi connectivity index (χ4n) is 2.44. The molecule has 130 valence electrons. The SMILES string of the molecule is CCc1cc(C(=O)Oc2ccccc2)cc(C(=O)Oc2ccccc2)c1. The Kier molecular flexibility index (Phi) is 5.44. The second-order valence-electron chi connectivity index (χ2n) is 5.68. The maximum absolute atomic E-state index is 12.4. The number of ether oxygens (including phenoxy) is 2. The molecule has 0 bridgehead atoms. The van der Waals surface area contributed by atoms with Crippen LogP contribution in [-0.2, 0) is 6.42 Å². The Bertz CT molecular complexity index is 830. The van der Waals surface area contributed by atoms with Gasteiger partial charge in [0.2, 0.25) is 0 Å². The van der Waals surface area contributed by atoms with Crippen LogP contribution in [0.3, 0.4) is 0 Å². The van der Waals surface area contributed by atoms with Gasteiger partial charge in [-0.25, -0.2) is 9.59 Å². The van der Waals surface area contributed by atoms with E-state index in [2.05, 4.69) is 0 Å². The van der Waals surface area contributed by atoms with E-state index in [1.807, 2.05) is 19.1 Å². The van der Waals surface area contributed by atoms with E-state index in [0.29, 0.717) is 29.0 Å². The molecule has 0 unspecified atom stereocenters. The van der Waals surface area contributed by atoms with Gasteiger partial charge in [0.15, 0.2) is 0 Å². The summed E-state index contributed by atoms with van der Waals surface area (Å²) in [5.41, 5.74) is 1.48. The van der Waals surface area contributed by atoms with E-state index >= 15 is 0 Å². The molecule has 0 aliphatic rings. The van der Waals surface area contributed by atoms with Crippen molar-refractivity contribution >= 4 is 11.9 Å². The maximum atomic E-state index is 12.4. The van der Waals surface area contributed by atoms with Crippen LogP contribution in [0.5, 0.6) is 11.5 Å². The molecule has 0 spiro atoms. The normalized spacial score (nSPS) is 10.2. The van der Waals surface area contributed by atoms with Gasteiger partial charge in [-0.3, -0.25) is 0 Å². The molecule has 3 aromatic carbocycles. The average molecular weight is 346 g/mol. The van der Waals surface area contributed by atoms with Gasteiger partial charge in [0.25, 0.3) is 0 Å². The highest BCUT2D eigenvalue weighted by Gasteiger charge is 2.16. The third-order valence-electron chi connectivity index (χ3n) is 3.78. The van der Waals surface area contributed by atoms with Gasteiger partial charge in [-0.15, -0.1) is 0 Å². The van der Waals surface area contributed by atoms with Gasteiger partial charge < -0.3 is 9.47 Å². The third kappa shape index (κ3) is 4.36. The Morgan fingerprint density at radius 1 is 0.692 bits per heavy atom. The zero-order valence-electron chi connectivity index (χ0n) is 14.3. The number of carbonyl (C=O) groups is 2. The van der Waals surface area contributed by atoms with Crippen molar-refractivity contribution in [3.63, 3.8) is 0 Å². The largest absolute Gasteiger partial charge is 0.423 e. The summed E-state index contributed by atoms with van der Waals surface area (Å²) in [5.74, 6) is -0.124. The molecule has 0 amide bonds. The number of rotatable bonds is 5. The maximum Gasteiger partial charge on any atom is 0.343 e. The highest BCUT2D eigenvalue weighted by atomic mass is 16.5. The molecular weight excluding hydrogens is 328 g/mol. The van der Waals surface area contributed by atoms with Crippen LogP contribution in [-0.4, -0.2) is 11.9 Å². The number of hydrogen-bond donors (Lipinski definition) is 0.